The molecule has 0 aromatic heterocycles. The molecule has 2 nitrogen and oxygen atoms in total. The second kappa shape index (κ2) is 6.18. The minimum atomic E-state index is 0.392. The summed E-state index contributed by atoms with van der Waals surface area (Å²) in [7, 11) is 2.05. The van der Waals surface area contributed by atoms with Gasteiger partial charge in [0.25, 0.3) is 0 Å². The van der Waals surface area contributed by atoms with Crippen molar-refractivity contribution in [1.29, 1.82) is 0 Å². The number of benzene rings is 1. The first-order chi connectivity index (χ1) is 8.31. The van der Waals surface area contributed by atoms with E-state index in [4.69, 9.17) is 4.74 Å². The molecule has 0 saturated carbocycles. The van der Waals surface area contributed by atoms with Gasteiger partial charge in [0.05, 0.1) is 6.10 Å². The number of aryl methyl sites for hydroxylation is 1. The van der Waals surface area contributed by atoms with Crippen LogP contribution in [0.3, 0.4) is 0 Å². The molecule has 1 heterocycles. The van der Waals surface area contributed by atoms with Crippen LogP contribution < -0.4 is 5.32 Å². The fourth-order valence-corrected chi connectivity index (χ4v) is 2.67. The van der Waals surface area contributed by atoms with Crippen LogP contribution in [0.2, 0.25) is 0 Å². The van der Waals surface area contributed by atoms with Gasteiger partial charge in [-0.1, -0.05) is 37.3 Å². The molecule has 0 bridgehead atoms. The van der Waals surface area contributed by atoms with Crippen LogP contribution in [-0.4, -0.2) is 25.8 Å². The zero-order valence-corrected chi connectivity index (χ0v) is 10.9. The fraction of sp³-hybridized carbons (Fsp3) is 0.600. The van der Waals surface area contributed by atoms with Crippen molar-refractivity contribution < 1.29 is 4.74 Å². The second-order valence-corrected chi connectivity index (χ2v) is 5.02. The molecule has 1 saturated heterocycles. The van der Waals surface area contributed by atoms with Crippen LogP contribution in [0.4, 0.5) is 0 Å². The summed E-state index contributed by atoms with van der Waals surface area (Å²) in [6.45, 7) is 3.22. The summed E-state index contributed by atoms with van der Waals surface area (Å²) in [4.78, 5) is 0. The summed E-state index contributed by atoms with van der Waals surface area (Å²) < 4.78 is 5.84. The first-order valence-corrected chi connectivity index (χ1v) is 6.64. The first-order valence-electron chi connectivity index (χ1n) is 6.64. The molecule has 0 spiro atoms. The van der Waals surface area contributed by atoms with Gasteiger partial charge in [0, 0.05) is 12.6 Å². The van der Waals surface area contributed by atoms with Crippen LogP contribution in [-0.2, 0) is 11.2 Å². The minimum absolute atomic E-state index is 0.392. The van der Waals surface area contributed by atoms with Crippen LogP contribution in [0.15, 0.2) is 30.3 Å². The molecule has 1 aromatic carbocycles. The van der Waals surface area contributed by atoms with Gasteiger partial charge in [-0.05, 0) is 37.8 Å². The van der Waals surface area contributed by atoms with Gasteiger partial charge in [-0.15, -0.1) is 0 Å². The SMILES string of the molecule is CNC(CCc1ccccc1)C1OCCC1C. The van der Waals surface area contributed by atoms with E-state index in [9.17, 15) is 0 Å². The topological polar surface area (TPSA) is 21.3 Å². The van der Waals surface area contributed by atoms with Crippen molar-refractivity contribution in [3.63, 3.8) is 0 Å². The molecule has 2 heteroatoms. The molecule has 1 N–H and O–H groups in total. The van der Waals surface area contributed by atoms with Gasteiger partial charge in [-0.2, -0.15) is 0 Å². The second-order valence-electron chi connectivity index (χ2n) is 5.02. The Morgan fingerprint density at radius 1 is 1.35 bits per heavy atom. The van der Waals surface area contributed by atoms with Gasteiger partial charge in [0.15, 0.2) is 0 Å². The van der Waals surface area contributed by atoms with E-state index in [1.165, 1.54) is 12.0 Å². The van der Waals surface area contributed by atoms with Crippen LogP contribution >= 0.6 is 0 Å². The number of hydrogen-bond acceptors (Lipinski definition) is 2. The summed E-state index contributed by atoms with van der Waals surface area (Å²) in [5.74, 6) is 0.684. The molecule has 17 heavy (non-hydrogen) atoms. The molecule has 0 amide bonds. The summed E-state index contributed by atoms with van der Waals surface area (Å²) in [5, 5.41) is 3.42. The lowest BCUT2D eigenvalue weighted by Crippen LogP contribution is -2.40. The van der Waals surface area contributed by atoms with Gasteiger partial charge in [0.2, 0.25) is 0 Å². The lowest BCUT2D eigenvalue weighted by molar-refractivity contribution is 0.0608. The van der Waals surface area contributed by atoms with E-state index in [1.54, 1.807) is 0 Å². The smallest absolute Gasteiger partial charge is 0.0754 e. The molecule has 3 atom stereocenters. The Hall–Kier alpha value is -0.860. The molecule has 94 valence electrons. The van der Waals surface area contributed by atoms with E-state index >= 15 is 0 Å². The molecule has 0 aliphatic carbocycles. The van der Waals surface area contributed by atoms with E-state index in [0.717, 1.165) is 19.4 Å². The molecular weight excluding hydrogens is 210 g/mol. The van der Waals surface area contributed by atoms with Gasteiger partial charge in [-0.25, -0.2) is 0 Å². The average molecular weight is 233 g/mol. The van der Waals surface area contributed by atoms with Crippen molar-refractivity contribution in [2.75, 3.05) is 13.7 Å². The van der Waals surface area contributed by atoms with Gasteiger partial charge < -0.3 is 10.1 Å². The third kappa shape index (κ3) is 3.30. The molecule has 1 aliphatic rings. The van der Waals surface area contributed by atoms with Crippen molar-refractivity contribution in [3.05, 3.63) is 35.9 Å². The van der Waals surface area contributed by atoms with Crippen molar-refractivity contribution in [3.8, 4) is 0 Å². The van der Waals surface area contributed by atoms with E-state index in [0.29, 0.717) is 18.1 Å². The highest BCUT2D eigenvalue weighted by Gasteiger charge is 2.30. The van der Waals surface area contributed by atoms with E-state index in [1.807, 2.05) is 7.05 Å². The molecular formula is C15H23NO. The number of ether oxygens (including phenoxy) is 1. The van der Waals surface area contributed by atoms with E-state index in [-0.39, 0.29) is 0 Å². The fourth-order valence-electron chi connectivity index (χ4n) is 2.67. The van der Waals surface area contributed by atoms with Crippen molar-refractivity contribution in [2.45, 2.75) is 38.3 Å². The van der Waals surface area contributed by atoms with Crippen LogP contribution in [0.5, 0.6) is 0 Å². The molecule has 1 aromatic rings. The maximum Gasteiger partial charge on any atom is 0.0754 e. The largest absolute Gasteiger partial charge is 0.376 e. The van der Waals surface area contributed by atoms with Crippen molar-refractivity contribution in [2.24, 2.45) is 5.92 Å². The van der Waals surface area contributed by atoms with E-state index < -0.39 is 0 Å². The summed E-state index contributed by atoms with van der Waals surface area (Å²) >= 11 is 0. The normalized spacial score (nSPS) is 26.0. The Morgan fingerprint density at radius 2 is 2.12 bits per heavy atom. The Labute approximate surface area is 104 Å². The summed E-state index contributed by atoms with van der Waals surface area (Å²) in [6.07, 6.45) is 3.87. The maximum absolute atomic E-state index is 5.84. The number of nitrogens with one attached hydrogen (secondary N) is 1. The summed E-state index contributed by atoms with van der Waals surface area (Å²) in [5.41, 5.74) is 1.42. The summed E-state index contributed by atoms with van der Waals surface area (Å²) in [6, 6.07) is 11.2. The first kappa shape index (κ1) is 12.6. The Morgan fingerprint density at radius 3 is 2.71 bits per heavy atom. The molecule has 1 fully saturated rings. The lowest BCUT2D eigenvalue weighted by Gasteiger charge is -2.25. The highest BCUT2D eigenvalue weighted by Crippen LogP contribution is 2.24. The molecule has 3 unspecified atom stereocenters. The third-order valence-electron chi connectivity index (χ3n) is 3.80. The third-order valence-corrected chi connectivity index (χ3v) is 3.80. The average Bonchev–Trinajstić information content (AvgIpc) is 2.78. The highest BCUT2D eigenvalue weighted by molar-refractivity contribution is 5.14. The number of hydrogen-bond donors (Lipinski definition) is 1. The number of rotatable bonds is 5. The Kier molecular flexibility index (Phi) is 4.57. The lowest BCUT2D eigenvalue weighted by atomic mass is 9.93. The molecule has 1 aliphatic heterocycles. The van der Waals surface area contributed by atoms with Gasteiger partial charge in [0.1, 0.15) is 0 Å². The standard InChI is InChI=1S/C15H23NO/c1-12-10-11-17-15(12)14(16-2)9-8-13-6-4-3-5-7-13/h3-7,12,14-16H,8-11H2,1-2H3. The Balaban J connectivity index is 1.87. The predicted octanol–water partition coefficient (Wildman–Crippen LogP) is 2.63. The molecule has 2 rings (SSSR count). The molecule has 0 radical (unpaired) electrons. The minimum Gasteiger partial charge on any atom is -0.376 e. The van der Waals surface area contributed by atoms with E-state index in [2.05, 4.69) is 42.6 Å². The highest BCUT2D eigenvalue weighted by atomic mass is 16.5. The van der Waals surface area contributed by atoms with Crippen molar-refractivity contribution in [1.82, 2.24) is 5.32 Å². The van der Waals surface area contributed by atoms with Gasteiger partial charge >= 0.3 is 0 Å². The van der Waals surface area contributed by atoms with Gasteiger partial charge in [-0.3, -0.25) is 0 Å². The zero-order valence-electron chi connectivity index (χ0n) is 10.9. The van der Waals surface area contributed by atoms with Crippen molar-refractivity contribution >= 4 is 0 Å². The van der Waals surface area contributed by atoms with Crippen LogP contribution in [0.1, 0.15) is 25.3 Å². The number of likely N-dealkylation sites (N-methyl/N-ethyl adjacent to an activating group) is 1. The van der Waals surface area contributed by atoms with Crippen LogP contribution in [0, 0.1) is 5.92 Å². The van der Waals surface area contributed by atoms with Crippen LogP contribution in [0.25, 0.3) is 0 Å². The maximum atomic E-state index is 5.84. The monoisotopic (exact) mass is 233 g/mol. The Bertz CT molecular complexity index is 325. The predicted molar refractivity (Wildman–Crippen MR) is 71.1 cm³/mol. The quantitative estimate of drug-likeness (QED) is 0.844. The zero-order chi connectivity index (χ0) is 12.1.